The molecule has 0 bridgehead atoms. The van der Waals surface area contributed by atoms with Crippen LogP contribution in [0.4, 0.5) is 9.52 Å². The number of hydrogen-bond acceptors (Lipinski definition) is 4. The molecule has 1 aromatic heterocycles. The van der Waals surface area contributed by atoms with E-state index in [0.717, 1.165) is 36.9 Å². The molecule has 5 nitrogen and oxygen atoms in total. The molecule has 2 aromatic rings. The molecule has 1 aromatic carbocycles. The summed E-state index contributed by atoms with van der Waals surface area (Å²) >= 11 is 1.66. The van der Waals surface area contributed by atoms with E-state index in [1.807, 2.05) is 23.7 Å². The van der Waals surface area contributed by atoms with Gasteiger partial charge in [-0.25, -0.2) is 9.37 Å². The van der Waals surface area contributed by atoms with Gasteiger partial charge in [0.2, 0.25) is 0 Å². The molecule has 0 aliphatic carbocycles. The molecule has 2 N–H and O–H groups in total. The topological polar surface area (TPSA) is 57.8 Å². The fourth-order valence-electron chi connectivity index (χ4n) is 2.87. The summed E-state index contributed by atoms with van der Waals surface area (Å²) in [5, 5.41) is 3.06. The minimum atomic E-state index is -0.222. The van der Waals surface area contributed by atoms with Crippen LogP contribution in [0.3, 0.4) is 0 Å². The van der Waals surface area contributed by atoms with E-state index in [-0.39, 0.29) is 35.2 Å². The molecule has 1 fully saturated rings. The fraction of sp³-hybridized carbons (Fsp3) is 0.444. The molecular weight excluding hydrogens is 464 g/mol. The Morgan fingerprint density at radius 1 is 1.23 bits per heavy atom. The highest BCUT2D eigenvalue weighted by molar-refractivity contribution is 14.0. The summed E-state index contributed by atoms with van der Waals surface area (Å²) in [6.07, 6.45) is 1.83. The molecule has 0 atom stereocenters. The van der Waals surface area contributed by atoms with E-state index in [4.69, 9.17) is 5.73 Å². The Hall–Kier alpha value is -1.42. The number of thiazole rings is 1. The van der Waals surface area contributed by atoms with Crippen molar-refractivity contribution in [2.45, 2.75) is 19.3 Å². The number of halogens is 2. The van der Waals surface area contributed by atoms with Gasteiger partial charge < -0.3 is 15.5 Å². The molecule has 0 unspecified atom stereocenters. The third kappa shape index (κ3) is 5.06. The summed E-state index contributed by atoms with van der Waals surface area (Å²) in [5.41, 5.74) is 7.07. The van der Waals surface area contributed by atoms with Gasteiger partial charge in [0, 0.05) is 43.2 Å². The van der Waals surface area contributed by atoms with Gasteiger partial charge in [-0.3, -0.25) is 4.99 Å². The Morgan fingerprint density at radius 2 is 1.88 bits per heavy atom. The molecule has 0 amide bonds. The first-order valence-corrected chi connectivity index (χ1v) is 9.29. The van der Waals surface area contributed by atoms with Crippen molar-refractivity contribution in [3.8, 4) is 0 Å². The molecule has 1 aliphatic heterocycles. The third-order valence-corrected chi connectivity index (χ3v) is 5.39. The van der Waals surface area contributed by atoms with E-state index in [9.17, 15) is 4.39 Å². The molecule has 2 heterocycles. The standard InChI is InChI=1S/C18H24FN5S.HI/c1-18(2,14-3-5-15(19)6-4-14)13-22-16(20)23-8-10-24(11-9-23)17-21-7-12-25-17;/h3-7,12H,8-11,13H2,1-2H3,(H2,20,22);1H. The van der Waals surface area contributed by atoms with Crippen LogP contribution >= 0.6 is 35.3 Å². The largest absolute Gasteiger partial charge is 0.370 e. The van der Waals surface area contributed by atoms with Crippen LogP contribution in [0.25, 0.3) is 0 Å². The van der Waals surface area contributed by atoms with E-state index in [1.54, 1.807) is 11.3 Å². The van der Waals surface area contributed by atoms with Crippen molar-refractivity contribution in [3.63, 3.8) is 0 Å². The molecule has 142 valence electrons. The van der Waals surface area contributed by atoms with Crippen LogP contribution in [0.2, 0.25) is 0 Å². The summed E-state index contributed by atoms with van der Waals surface area (Å²) in [5.74, 6) is 0.356. The smallest absolute Gasteiger partial charge is 0.191 e. The lowest BCUT2D eigenvalue weighted by atomic mass is 9.85. The first-order valence-electron chi connectivity index (χ1n) is 8.41. The van der Waals surface area contributed by atoms with Gasteiger partial charge in [0.05, 0.1) is 6.54 Å². The predicted octanol–water partition coefficient (Wildman–Crippen LogP) is 3.31. The van der Waals surface area contributed by atoms with Gasteiger partial charge in [0.25, 0.3) is 0 Å². The highest BCUT2D eigenvalue weighted by Gasteiger charge is 2.23. The lowest BCUT2D eigenvalue weighted by Crippen LogP contribution is -2.51. The van der Waals surface area contributed by atoms with Crippen molar-refractivity contribution in [1.82, 2.24) is 9.88 Å². The number of hydrogen-bond donors (Lipinski definition) is 1. The van der Waals surface area contributed by atoms with Gasteiger partial charge >= 0.3 is 0 Å². The van der Waals surface area contributed by atoms with Gasteiger partial charge in [0.15, 0.2) is 11.1 Å². The van der Waals surface area contributed by atoms with Crippen LogP contribution in [0.1, 0.15) is 19.4 Å². The average molecular weight is 489 g/mol. The first-order chi connectivity index (χ1) is 12.0. The zero-order valence-electron chi connectivity index (χ0n) is 15.1. The fourth-order valence-corrected chi connectivity index (χ4v) is 3.57. The quantitative estimate of drug-likeness (QED) is 0.407. The molecule has 26 heavy (non-hydrogen) atoms. The highest BCUT2D eigenvalue weighted by Crippen LogP contribution is 2.24. The average Bonchev–Trinajstić information content (AvgIpc) is 3.15. The number of nitrogens with zero attached hydrogens (tertiary/aromatic N) is 4. The van der Waals surface area contributed by atoms with Gasteiger partial charge in [-0.15, -0.1) is 35.3 Å². The van der Waals surface area contributed by atoms with E-state index in [0.29, 0.717) is 12.5 Å². The van der Waals surface area contributed by atoms with Crippen LogP contribution in [0, 0.1) is 5.82 Å². The SMILES string of the molecule is CC(C)(CN=C(N)N1CCN(c2nccs2)CC1)c1ccc(F)cc1.I. The number of rotatable bonds is 4. The summed E-state index contributed by atoms with van der Waals surface area (Å²) in [4.78, 5) is 13.3. The van der Waals surface area contributed by atoms with Gasteiger partial charge in [-0.1, -0.05) is 26.0 Å². The lowest BCUT2D eigenvalue weighted by Gasteiger charge is -2.35. The number of aromatic nitrogens is 1. The van der Waals surface area contributed by atoms with E-state index >= 15 is 0 Å². The van der Waals surface area contributed by atoms with Crippen LogP contribution in [0.15, 0.2) is 40.8 Å². The Labute approximate surface area is 175 Å². The molecule has 0 saturated carbocycles. The molecule has 0 radical (unpaired) electrons. The molecule has 8 heteroatoms. The third-order valence-electron chi connectivity index (χ3n) is 4.56. The van der Waals surface area contributed by atoms with Crippen LogP contribution in [-0.2, 0) is 5.41 Å². The normalized spacial score (nSPS) is 15.7. The summed E-state index contributed by atoms with van der Waals surface area (Å²) in [6, 6.07) is 6.60. The number of anilines is 1. The van der Waals surface area contributed by atoms with Crippen molar-refractivity contribution >= 4 is 46.4 Å². The Morgan fingerprint density at radius 3 is 2.46 bits per heavy atom. The number of nitrogens with two attached hydrogens (primary N) is 1. The Kier molecular flexibility index (Phi) is 7.22. The predicted molar refractivity (Wildman–Crippen MR) is 117 cm³/mol. The number of piperazine rings is 1. The van der Waals surface area contributed by atoms with E-state index in [2.05, 4.69) is 33.6 Å². The zero-order chi connectivity index (χ0) is 17.9. The Bertz CT molecular complexity index is 710. The van der Waals surface area contributed by atoms with Crippen molar-refractivity contribution in [3.05, 3.63) is 47.2 Å². The van der Waals surface area contributed by atoms with Crippen molar-refractivity contribution in [1.29, 1.82) is 0 Å². The van der Waals surface area contributed by atoms with E-state index in [1.165, 1.54) is 12.1 Å². The maximum Gasteiger partial charge on any atom is 0.191 e. The maximum absolute atomic E-state index is 13.1. The van der Waals surface area contributed by atoms with Gasteiger partial charge in [-0.05, 0) is 17.7 Å². The molecule has 0 spiro atoms. The number of benzene rings is 1. The van der Waals surface area contributed by atoms with E-state index < -0.39 is 0 Å². The summed E-state index contributed by atoms with van der Waals surface area (Å²) in [7, 11) is 0. The zero-order valence-corrected chi connectivity index (χ0v) is 18.2. The minimum Gasteiger partial charge on any atom is -0.370 e. The van der Waals surface area contributed by atoms with Crippen molar-refractivity contribution < 1.29 is 4.39 Å². The number of guanidine groups is 1. The number of aliphatic imine (C=N–C) groups is 1. The second-order valence-electron chi connectivity index (χ2n) is 6.85. The van der Waals surface area contributed by atoms with Crippen LogP contribution in [-0.4, -0.2) is 48.6 Å². The minimum absolute atomic E-state index is 0. The Balaban J connectivity index is 0.00000243. The summed E-state index contributed by atoms with van der Waals surface area (Å²) in [6.45, 7) is 8.22. The maximum atomic E-state index is 13.1. The second-order valence-corrected chi connectivity index (χ2v) is 7.73. The summed E-state index contributed by atoms with van der Waals surface area (Å²) < 4.78 is 13.1. The van der Waals surface area contributed by atoms with Crippen molar-refractivity contribution in [2.24, 2.45) is 10.7 Å². The highest BCUT2D eigenvalue weighted by atomic mass is 127. The second kappa shape index (κ2) is 8.98. The van der Waals surface area contributed by atoms with Gasteiger partial charge in [0.1, 0.15) is 5.82 Å². The van der Waals surface area contributed by atoms with Crippen molar-refractivity contribution in [2.75, 3.05) is 37.6 Å². The van der Waals surface area contributed by atoms with Crippen LogP contribution < -0.4 is 10.6 Å². The molecule has 1 aliphatic rings. The molecule has 1 saturated heterocycles. The first kappa shape index (κ1) is 20.9. The molecule has 3 rings (SSSR count). The molecular formula is C18H25FIN5S. The van der Waals surface area contributed by atoms with Crippen LogP contribution in [0.5, 0.6) is 0 Å². The monoisotopic (exact) mass is 489 g/mol. The lowest BCUT2D eigenvalue weighted by molar-refractivity contribution is 0.378. The van der Waals surface area contributed by atoms with Gasteiger partial charge in [-0.2, -0.15) is 0 Å².